The molecule has 172 valence electrons. The lowest BCUT2D eigenvalue weighted by atomic mass is 10.1. The summed E-state index contributed by atoms with van der Waals surface area (Å²) < 4.78 is 6.74. The summed E-state index contributed by atoms with van der Waals surface area (Å²) in [5.41, 5.74) is 2.40. The second-order valence-corrected chi connectivity index (χ2v) is 8.70. The van der Waals surface area contributed by atoms with Crippen LogP contribution in [0, 0.1) is 11.3 Å². The van der Waals surface area contributed by atoms with Crippen molar-refractivity contribution in [2.75, 3.05) is 5.32 Å². The van der Waals surface area contributed by atoms with E-state index in [1.807, 2.05) is 30.3 Å². The number of hydrogen-bond donors (Lipinski definition) is 1. The maximum atomic E-state index is 12.7. The van der Waals surface area contributed by atoms with Gasteiger partial charge in [0.05, 0.1) is 10.2 Å². The summed E-state index contributed by atoms with van der Waals surface area (Å²) in [6.45, 7) is 1.82. The summed E-state index contributed by atoms with van der Waals surface area (Å²) in [4.78, 5) is 24.5. The number of carbonyl (C=O) groups excluding carboxylic acids is 2. The van der Waals surface area contributed by atoms with Crippen molar-refractivity contribution in [3.63, 3.8) is 0 Å². The van der Waals surface area contributed by atoms with Crippen LogP contribution in [0.4, 0.5) is 5.69 Å². The number of ether oxygens (including phenoxy) is 1. The number of halogens is 1. The summed E-state index contributed by atoms with van der Waals surface area (Å²) in [6.07, 6.45) is 1.49. The Balaban J connectivity index is 1.50. The highest BCUT2D eigenvalue weighted by molar-refractivity contribution is 9.10. The lowest BCUT2D eigenvalue weighted by Crippen LogP contribution is -2.15. The second kappa shape index (κ2) is 10.8. The molecule has 0 heterocycles. The number of para-hydroxylation sites is 1. The number of ketones is 1. The van der Waals surface area contributed by atoms with Crippen LogP contribution in [0.25, 0.3) is 16.8 Å². The minimum absolute atomic E-state index is 0.0836. The molecule has 0 bridgehead atoms. The van der Waals surface area contributed by atoms with E-state index in [0.717, 1.165) is 16.3 Å². The van der Waals surface area contributed by atoms with E-state index < -0.39 is 5.91 Å². The van der Waals surface area contributed by atoms with E-state index >= 15 is 0 Å². The second-order valence-electron chi connectivity index (χ2n) is 7.84. The fourth-order valence-electron chi connectivity index (χ4n) is 3.70. The van der Waals surface area contributed by atoms with Crippen molar-refractivity contribution in [3.05, 3.63) is 112 Å². The fourth-order valence-corrected chi connectivity index (χ4v) is 4.21. The van der Waals surface area contributed by atoms with Crippen molar-refractivity contribution < 1.29 is 14.3 Å². The molecule has 0 unspecified atom stereocenters. The Hall–Kier alpha value is -4.21. The molecule has 0 saturated carbocycles. The van der Waals surface area contributed by atoms with Crippen LogP contribution >= 0.6 is 15.9 Å². The Labute approximate surface area is 211 Å². The Morgan fingerprint density at radius 2 is 1.74 bits per heavy atom. The smallest absolute Gasteiger partial charge is 0.266 e. The number of Topliss-reactive ketones (excluding diaryl/α,β-unsaturated/α-hetero) is 1. The summed E-state index contributed by atoms with van der Waals surface area (Å²) in [6, 6.07) is 28.2. The van der Waals surface area contributed by atoms with Gasteiger partial charge in [0.2, 0.25) is 0 Å². The first-order valence-corrected chi connectivity index (χ1v) is 11.7. The first-order valence-electron chi connectivity index (χ1n) is 10.9. The Bertz CT molecular complexity index is 1500. The lowest BCUT2D eigenvalue weighted by Gasteiger charge is -2.11. The van der Waals surface area contributed by atoms with Crippen LogP contribution in [0.2, 0.25) is 0 Å². The molecule has 6 heteroatoms. The number of benzene rings is 4. The van der Waals surface area contributed by atoms with Gasteiger partial charge in [0, 0.05) is 5.56 Å². The van der Waals surface area contributed by atoms with Crippen molar-refractivity contribution in [1.82, 2.24) is 0 Å². The predicted molar refractivity (Wildman–Crippen MR) is 141 cm³/mol. The maximum Gasteiger partial charge on any atom is 0.266 e. The maximum absolute atomic E-state index is 12.7. The van der Waals surface area contributed by atoms with Gasteiger partial charge >= 0.3 is 0 Å². The van der Waals surface area contributed by atoms with Crippen LogP contribution in [0.3, 0.4) is 0 Å². The van der Waals surface area contributed by atoms with Crippen LogP contribution in [-0.2, 0) is 11.4 Å². The highest BCUT2D eigenvalue weighted by Crippen LogP contribution is 2.29. The Morgan fingerprint density at radius 3 is 2.51 bits per heavy atom. The van der Waals surface area contributed by atoms with Crippen LogP contribution in [0.1, 0.15) is 28.4 Å². The van der Waals surface area contributed by atoms with E-state index in [1.165, 1.54) is 13.0 Å². The van der Waals surface area contributed by atoms with Gasteiger partial charge in [-0.1, -0.05) is 60.7 Å². The quantitative estimate of drug-likeness (QED) is 0.161. The monoisotopic (exact) mass is 524 g/mol. The largest absolute Gasteiger partial charge is 0.488 e. The third-order valence-corrected chi connectivity index (χ3v) is 6.07. The van der Waals surface area contributed by atoms with Gasteiger partial charge in [-0.05, 0) is 75.1 Å². The molecule has 4 rings (SSSR count). The molecule has 0 aliphatic rings. The van der Waals surface area contributed by atoms with Crippen molar-refractivity contribution >= 4 is 50.2 Å². The number of nitrogens with zero attached hydrogens (tertiary/aromatic N) is 1. The normalized spacial score (nSPS) is 11.1. The highest BCUT2D eigenvalue weighted by Gasteiger charge is 2.14. The molecule has 0 spiro atoms. The number of amides is 1. The van der Waals surface area contributed by atoms with E-state index in [-0.39, 0.29) is 11.4 Å². The average molecular weight is 525 g/mol. The first kappa shape index (κ1) is 23.9. The molecular formula is C29H21BrN2O3. The fraction of sp³-hybridized carbons (Fsp3) is 0.0690. The molecule has 0 aromatic heterocycles. The minimum Gasteiger partial charge on any atom is -0.488 e. The summed E-state index contributed by atoms with van der Waals surface area (Å²) in [5.74, 6) is -0.117. The Morgan fingerprint density at radius 1 is 1.00 bits per heavy atom. The number of fused-ring (bicyclic) bond motifs is 1. The number of carbonyl (C=O) groups is 2. The minimum atomic E-state index is -0.589. The average Bonchev–Trinajstić information content (AvgIpc) is 2.87. The molecule has 4 aromatic rings. The van der Waals surface area contributed by atoms with Gasteiger partial charge in [0.1, 0.15) is 24.0 Å². The number of rotatable bonds is 7. The third kappa shape index (κ3) is 5.65. The standard InChI is InChI=1S/C29H21BrN2O3/c1-19(33)24-10-4-5-12-27(24)32-29(34)23(17-31)15-20-13-14-28(26(30)16-20)35-18-22-9-6-8-21-7-2-3-11-25(21)22/h2-16H,18H2,1H3,(H,32,34)/b23-15-. The topological polar surface area (TPSA) is 79.2 Å². The molecule has 0 fully saturated rings. The van der Waals surface area contributed by atoms with Crippen LogP contribution in [-0.4, -0.2) is 11.7 Å². The van der Waals surface area contributed by atoms with Gasteiger partial charge in [0.25, 0.3) is 5.91 Å². The summed E-state index contributed by atoms with van der Waals surface area (Å²) in [7, 11) is 0. The Kier molecular flexibility index (Phi) is 7.39. The predicted octanol–water partition coefficient (Wildman–Crippen LogP) is 6.93. The number of nitrogens with one attached hydrogen (secondary N) is 1. The van der Waals surface area contributed by atoms with E-state index in [1.54, 1.807) is 42.5 Å². The molecule has 0 saturated heterocycles. The molecule has 0 aliphatic carbocycles. The number of nitriles is 1. The van der Waals surface area contributed by atoms with Gasteiger partial charge in [-0.2, -0.15) is 5.26 Å². The van der Waals surface area contributed by atoms with E-state index in [9.17, 15) is 14.9 Å². The van der Waals surface area contributed by atoms with Crippen LogP contribution < -0.4 is 10.1 Å². The molecule has 35 heavy (non-hydrogen) atoms. The van der Waals surface area contributed by atoms with E-state index in [0.29, 0.717) is 33.6 Å². The molecule has 1 N–H and O–H groups in total. The van der Waals surface area contributed by atoms with Gasteiger partial charge in [-0.3, -0.25) is 9.59 Å². The van der Waals surface area contributed by atoms with Crippen molar-refractivity contribution in [2.24, 2.45) is 0 Å². The zero-order chi connectivity index (χ0) is 24.8. The van der Waals surface area contributed by atoms with Gasteiger partial charge < -0.3 is 10.1 Å². The zero-order valence-corrected chi connectivity index (χ0v) is 20.5. The van der Waals surface area contributed by atoms with E-state index in [2.05, 4.69) is 39.4 Å². The number of hydrogen-bond acceptors (Lipinski definition) is 4. The van der Waals surface area contributed by atoms with Gasteiger partial charge in [-0.15, -0.1) is 0 Å². The SMILES string of the molecule is CC(=O)c1ccccc1NC(=O)/C(C#N)=C\c1ccc(OCc2cccc3ccccc23)c(Br)c1. The van der Waals surface area contributed by atoms with Crippen LogP contribution in [0.15, 0.2) is 95.0 Å². The molecule has 0 radical (unpaired) electrons. The summed E-state index contributed by atoms with van der Waals surface area (Å²) in [5, 5.41) is 14.5. The molecular weight excluding hydrogens is 504 g/mol. The summed E-state index contributed by atoms with van der Waals surface area (Å²) >= 11 is 3.52. The van der Waals surface area contributed by atoms with Gasteiger partial charge in [-0.25, -0.2) is 0 Å². The van der Waals surface area contributed by atoms with Crippen molar-refractivity contribution in [3.8, 4) is 11.8 Å². The molecule has 0 atom stereocenters. The number of anilines is 1. The van der Waals surface area contributed by atoms with E-state index in [4.69, 9.17) is 4.74 Å². The molecule has 4 aromatic carbocycles. The van der Waals surface area contributed by atoms with Crippen molar-refractivity contribution in [1.29, 1.82) is 5.26 Å². The lowest BCUT2D eigenvalue weighted by molar-refractivity contribution is -0.112. The first-order chi connectivity index (χ1) is 17.0. The highest BCUT2D eigenvalue weighted by atomic mass is 79.9. The van der Waals surface area contributed by atoms with Crippen LogP contribution in [0.5, 0.6) is 5.75 Å². The molecule has 5 nitrogen and oxygen atoms in total. The molecule has 0 aliphatic heterocycles. The third-order valence-electron chi connectivity index (χ3n) is 5.45. The van der Waals surface area contributed by atoms with Crippen molar-refractivity contribution in [2.45, 2.75) is 13.5 Å². The zero-order valence-electron chi connectivity index (χ0n) is 18.9. The molecule has 1 amide bonds. The van der Waals surface area contributed by atoms with Gasteiger partial charge in [0.15, 0.2) is 5.78 Å².